The summed E-state index contributed by atoms with van der Waals surface area (Å²) in [6, 6.07) is 11.7. The maximum absolute atomic E-state index is 12.5. The summed E-state index contributed by atoms with van der Waals surface area (Å²) in [5, 5.41) is 0. The summed E-state index contributed by atoms with van der Waals surface area (Å²) in [5.41, 5.74) is 0.869. The highest BCUT2D eigenvalue weighted by Gasteiger charge is 2.17. The third kappa shape index (κ3) is 4.96. The zero-order chi connectivity index (χ0) is 21.0. The monoisotopic (exact) mass is 492 g/mol. The number of methoxy groups -OCH3 is 1. The number of aromatic nitrogens is 1. The van der Waals surface area contributed by atoms with Crippen LogP contribution < -0.4 is 9.54 Å². The minimum Gasteiger partial charge on any atom is -0.497 e. The Labute approximate surface area is 180 Å². The Morgan fingerprint density at radius 1 is 1.28 bits per heavy atom. The van der Waals surface area contributed by atoms with E-state index in [0.717, 1.165) is 14.7 Å². The van der Waals surface area contributed by atoms with Crippen molar-refractivity contribution in [3.8, 4) is 18.1 Å². The number of terminal acetylenes is 1. The van der Waals surface area contributed by atoms with Gasteiger partial charge in [-0.15, -0.1) is 6.42 Å². The second kappa shape index (κ2) is 8.95. The van der Waals surface area contributed by atoms with Gasteiger partial charge in [0.2, 0.25) is 5.91 Å². The van der Waals surface area contributed by atoms with Crippen LogP contribution in [0.2, 0.25) is 0 Å². The van der Waals surface area contributed by atoms with Gasteiger partial charge in [-0.05, 0) is 42.5 Å². The van der Waals surface area contributed by atoms with Crippen molar-refractivity contribution in [1.29, 1.82) is 0 Å². The molecule has 0 aliphatic carbocycles. The Morgan fingerprint density at radius 2 is 2.00 bits per heavy atom. The summed E-state index contributed by atoms with van der Waals surface area (Å²) >= 11 is 4.75. The largest absolute Gasteiger partial charge is 0.497 e. The molecule has 0 bridgehead atoms. The van der Waals surface area contributed by atoms with Gasteiger partial charge in [-0.25, -0.2) is 8.42 Å². The van der Waals surface area contributed by atoms with Crippen molar-refractivity contribution in [1.82, 2.24) is 4.57 Å². The molecule has 0 N–H and O–H groups in total. The third-order valence-corrected chi connectivity index (χ3v) is 7.38. The Bertz CT molecular complexity index is 1270. The van der Waals surface area contributed by atoms with E-state index < -0.39 is 15.7 Å². The second-order valence-corrected chi connectivity index (χ2v) is 10.1. The van der Waals surface area contributed by atoms with E-state index in [1.54, 1.807) is 16.7 Å². The number of benzene rings is 2. The molecule has 9 heteroatoms. The fourth-order valence-electron chi connectivity index (χ4n) is 2.66. The first kappa shape index (κ1) is 21.3. The summed E-state index contributed by atoms with van der Waals surface area (Å²) in [5.74, 6) is 2.28. The van der Waals surface area contributed by atoms with E-state index in [2.05, 4.69) is 26.8 Å². The van der Waals surface area contributed by atoms with E-state index in [-0.39, 0.29) is 23.6 Å². The highest BCUT2D eigenvalue weighted by Crippen LogP contribution is 2.22. The van der Waals surface area contributed by atoms with Crippen LogP contribution in [0.15, 0.2) is 56.8 Å². The van der Waals surface area contributed by atoms with Crippen molar-refractivity contribution in [3.05, 3.63) is 51.7 Å². The lowest BCUT2D eigenvalue weighted by atomic mass is 10.3. The quantitative estimate of drug-likeness (QED) is 0.494. The van der Waals surface area contributed by atoms with Crippen molar-refractivity contribution >= 4 is 53.2 Å². The molecule has 0 fully saturated rings. The standard InChI is InChI=1S/C20H17BrN2O4S2/c1-3-11-23-17-9-4-14(21)13-18(17)28-20(23)22-19(24)10-12-29(25,26)16-7-5-15(27-2)6-8-16/h1,4-9,13H,10-12H2,2H3. The van der Waals surface area contributed by atoms with Gasteiger partial charge in [0.1, 0.15) is 5.75 Å². The Kier molecular flexibility index (Phi) is 6.57. The highest BCUT2D eigenvalue weighted by molar-refractivity contribution is 9.10. The van der Waals surface area contributed by atoms with E-state index in [0.29, 0.717) is 10.6 Å². The topological polar surface area (TPSA) is 77.7 Å². The molecule has 1 amide bonds. The normalized spacial score (nSPS) is 12.1. The lowest BCUT2D eigenvalue weighted by Gasteiger charge is -2.04. The Balaban J connectivity index is 1.83. The van der Waals surface area contributed by atoms with Gasteiger partial charge in [0.25, 0.3) is 0 Å². The van der Waals surface area contributed by atoms with Gasteiger partial charge in [0.15, 0.2) is 14.6 Å². The van der Waals surface area contributed by atoms with Gasteiger partial charge in [-0.1, -0.05) is 33.2 Å². The number of rotatable bonds is 6. The number of ether oxygens (including phenoxy) is 1. The molecular weight excluding hydrogens is 476 g/mol. The van der Waals surface area contributed by atoms with Crippen LogP contribution in [0.3, 0.4) is 0 Å². The van der Waals surface area contributed by atoms with Crippen LogP contribution in [0.5, 0.6) is 5.75 Å². The molecule has 150 valence electrons. The van der Waals surface area contributed by atoms with Crippen LogP contribution in [0.1, 0.15) is 6.42 Å². The molecule has 0 unspecified atom stereocenters. The van der Waals surface area contributed by atoms with Gasteiger partial charge < -0.3 is 9.30 Å². The summed E-state index contributed by atoms with van der Waals surface area (Å²) in [6.45, 7) is 0.262. The number of hydrogen-bond donors (Lipinski definition) is 0. The molecule has 0 saturated carbocycles. The summed E-state index contributed by atoms with van der Waals surface area (Å²) in [6.07, 6.45) is 5.23. The Hall–Kier alpha value is -2.41. The van der Waals surface area contributed by atoms with E-state index in [9.17, 15) is 13.2 Å². The number of carbonyl (C=O) groups excluding carboxylic acids is 1. The first-order valence-electron chi connectivity index (χ1n) is 8.51. The van der Waals surface area contributed by atoms with Gasteiger partial charge >= 0.3 is 0 Å². The van der Waals surface area contributed by atoms with Crippen molar-refractivity contribution < 1.29 is 17.9 Å². The SMILES string of the molecule is C#CCn1c(=NC(=O)CCS(=O)(=O)c2ccc(OC)cc2)sc2cc(Br)ccc21. The van der Waals surface area contributed by atoms with E-state index >= 15 is 0 Å². The summed E-state index contributed by atoms with van der Waals surface area (Å²) in [7, 11) is -2.10. The number of thiazole rings is 1. The zero-order valence-corrected chi connectivity index (χ0v) is 18.7. The molecule has 2 aromatic carbocycles. The van der Waals surface area contributed by atoms with Gasteiger partial charge in [-0.3, -0.25) is 4.79 Å². The molecule has 1 heterocycles. The van der Waals surface area contributed by atoms with Crippen LogP contribution in [0, 0.1) is 12.3 Å². The average molecular weight is 493 g/mol. The van der Waals surface area contributed by atoms with Gasteiger partial charge in [-0.2, -0.15) is 4.99 Å². The summed E-state index contributed by atoms with van der Waals surface area (Å²) < 4.78 is 33.6. The van der Waals surface area contributed by atoms with Crippen LogP contribution >= 0.6 is 27.3 Å². The fraction of sp³-hybridized carbons (Fsp3) is 0.200. The fourth-order valence-corrected chi connectivity index (χ4v) is 5.49. The first-order valence-corrected chi connectivity index (χ1v) is 11.8. The molecule has 1 aromatic heterocycles. The van der Waals surface area contributed by atoms with Crippen LogP contribution in [-0.4, -0.2) is 31.8 Å². The van der Waals surface area contributed by atoms with Crippen LogP contribution in [-0.2, 0) is 21.2 Å². The number of carbonyl (C=O) groups is 1. The lowest BCUT2D eigenvalue weighted by Crippen LogP contribution is -2.18. The second-order valence-electron chi connectivity index (χ2n) is 6.04. The van der Waals surface area contributed by atoms with Crippen molar-refractivity contribution in [2.24, 2.45) is 4.99 Å². The number of amides is 1. The molecule has 3 aromatic rings. The molecule has 0 radical (unpaired) electrons. The predicted molar refractivity (Wildman–Crippen MR) is 117 cm³/mol. The predicted octanol–water partition coefficient (Wildman–Crippen LogP) is 3.40. The molecule has 0 saturated heterocycles. The van der Waals surface area contributed by atoms with E-state index in [4.69, 9.17) is 11.2 Å². The van der Waals surface area contributed by atoms with Crippen LogP contribution in [0.4, 0.5) is 0 Å². The average Bonchev–Trinajstić information content (AvgIpc) is 3.03. The maximum Gasteiger partial charge on any atom is 0.249 e. The zero-order valence-electron chi connectivity index (χ0n) is 15.5. The molecule has 0 aliphatic rings. The molecule has 0 atom stereocenters. The molecule has 6 nitrogen and oxygen atoms in total. The number of hydrogen-bond acceptors (Lipinski definition) is 5. The lowest BCUT2D eigenvalue weighted by molar-refractivity contribution is -0.117. The number of nitrogens with zero attached hydrogens (tertiary/aromatic N) is 2. The van der Waals surface area contributed by atoms with E-state index in [1.165, 1.54) is 30.6 Å². The minimum absolute atomic E-state index is 0.139. The number of fused-ring (bicyclic) bond motifs is 1. The smallest absolute Gasteiger partial charge is 0.249 e. The van der Waals surface area contributed by atoms with Crippen molar-refractivity contribution in [2.75, 3.05) is 12.9 Å². The molecule has 0 spiro atoms. The Morgan fingerprint density at radius 3 is 2.66 bits per heavy atom. The van der Waals surface area contributed by atoms with Gasteiger partial charge in [0, 0.05) is 10.9 Å². The maximum atomic E-state index is 12.5. The number of sulfone groups is 1. The summed E-state index contributed by atoms with van der Waals surface area (Å²) in [4.78, 5) is 17.1. The van der Waals surface area contributed by atoms with Gasteiger partial charge in [0.05, 0.1) is 34.5 Å². The first-order chi connectivity index (χ1) is 13.8. The molecule has 29 heavy (non-hydrogen) atoms. The van der Waals surface area contributed by atoms with Crippen LogP contribution in [0.25, 0.3) is 10.2 Å². The highest BCUT2D eigenvalue weighted by atomic mass is 79.9. The number of halogens is 1. The third-order valence-electron chi connectivity index (χ3n) is 4.12. The van der Waals surface area contributed by atoms with Crippen molar-refractivity contribution in [2.45, 2.75) is 17.9 Å². The van der Waals surface area contributed by atoms with Crippen molar-refractivity contribution in [3.63, 3.8) is 0 Å². The molecular formula is C20H17BrN2O4S2. The molecule has 0 aliphatic heterocycles. The minimum atomic E-state index is -3.60. The van der Waals surface area contributed by atoms with E-state index in [1.807, 2.05) is 18.2 Å². The molecule has 3 rings (SSSR count).